The van der Waals surface area contributed by atoms with Crippen LogP contribution in [-0.4, -0.2) is 9.91 Å². The van der Waals surface area contributed by atoms with E-state index in [-0.39, 0.29) is 0 Å². The van der Waals surface area contributed by atoms with Crippen LogP contribution in [0, 0.1) is 21.4 Å². The van der Waals surface area contributed by atoms with Gasteiger partial charge in [-0.2, -0.15) is 5.26 Å². The molecular formula is C7H2ClF2N3O2. The summed E-state index contributed by atoms with van der Waals surface area (Å²) < 4.78 is 24.7. The van der Waals surface area contributed by atoms with Crippen LogP contribution in [0.25, 0.3) is 0 Å². The van der Waals surface area contributed by atoms with Crippen molar-refractivity contribution in [3.05, 3.63) is 32.5 Å². The van der Waals surface area contributed by atoms with Gasteiger partial charge in [-0.25, -0.2) is 8.78 Å². The summed E-state index contributed by atoms with van der Waals surface area (Å²) in [6.45, 7) is 0. The van der Waals surface area contributed by atoms with E-state index in [0.29, 0.717) is 0 Å². The largest absolute Gasteiger partial charge is 0.384 e. The van der Waals surface area contributed by atoms with Crippen LogP contribution in [0.1, 0.15) is 17.7 Å². The van der Waals surface area contributed by atoms with Crippen LogP contribution in [0.5, 0.6) is 0 Å². The van der Waals surface area contributed by atoms with Crippen molar-refractivity contribution in [3.63, 3.8) is 0 Å². The molecule has 8 heteroatoms. The van der Waals surface area contributed by atoms with E-state index < -0.39 is 33.4 Å². The SMILES string of the molecule is N#Cc1cc(C(F)F)c(Cl)c([N+](=O)[O-])n1. The first-order valence-electron chi connectivity index (χ1n) is 3.50. The molecule has 0 unspecified atom stereocenters. The van der Waals surface area contributed by atoms with E-state index in [4.69, 9.17) is 16.9 Å². The van der Waals surface area contributed by atoms with E-state index in [1.54, 1.807) is 0 Å². The van der Waals surface area contributed by atoms with Crippen molar-refractivity contribution in [2.45, 2.75) is 6.43 Å². The van der Waals surface area contributed by atoms with Gasteiger partial charge in [0.25, 0.3) is 12.1 Å². The molecule has 1 rings (SSSR count). The fourth-order valence-electron chi connectivity index (χ4n) is 0.872. The van der Waals surface area contributed by atoms with Gasteiger partial charge in [0.15, 0.2) is 0 Å². The number of hydrogen-bond donors (Lipinski definition) is 0. The number of nitrogens with zero attached hydrogens (tertiary/aromatic N) is 3. The van der Waals surface area contributed by atoms with Crippen molar-refractivity contribution in [3.8, 4) is 6.07 Å². The van der Waals surface area contributed by atoms with Gasteiger partial charge in [0, 0.05) is 6.07 Å². The first-order valence-corrected chi connectivity index (χ1v) is 3.88. The Morgan fingerprint density at radius 3 is 2.67 bits per heavy atom. The van der Waals surface area contributed by atoms with E-state index in [9.17, 15) is 18.9 Å². The third-order valence-electron chi connectivity index (χ3n) is 1.49. The van der Waals surface area contributed by atoms with Crippen LogP contribution >= 0.6 is 11.6 Å². The van der Waals surface area contributed by atoms with Crippen LogP contribution < -0.4 is 0 Å². The smallest absolute Gasteiger partial charge is 0.358 e. The van der Waals surface area contributed by atoms with Gasteiger partial charge < -0.3 is 10.1 Å². The Balaban J connectivity index is 3.49. The lowest BCUT2D eigenvalue weighted by atomic mass is 10.2. The summed E-state index contributed by atoms with van der Waals surface area (Å²) in [5, 5.41) is 18.0. The number of alkyl halides is 2. The van der Waals surface area contributed by atoms with E-state index in [0.717, 1.165) is 6.07 Å². The Hall–Kier alpha value is -1.81. The second-order valence-corrected chi connectivity index (χ2v) is 2.78. The molecule has 78 valence electrons. The number of aromatic nitrogens is 1. The van der Waals surface area contributed by atoms with Crippen molar-refractivity contribution in [1.82, 2.24) is 4.98 Å². The van der Waals surface area contributed by atoms with Gasteiger partial charge in [0.05, 0.1) is 5.56 Å². The maximum Gasteiger partial charge on any atom is 0.384 e. The Morgan fingerprint density at radius 1 is 1.67 bits per heavy atom. The van der Waals surface area contributed by atoms with Crippen LogP contribution in [0.3, 0.4) is 0 Å². The molecule has 0 spiro atoms. The molecule has 1 heterocycles. The second kappa shape index (κ2) is 4.14. The molecular weight excluding hydrogens is 232 g/mol. The molecule has 0 aromatic carbocycles. The van der Waals surface area contributed by atoms with Crippen molar-refractivity contribution < 1.29 is 13.7 Å². The Kier molecular flexibility index (Phi) is 3.11. The number of rotatable bonds is 2. The predicted octanol–water partition coefficient (Wildman–Crippen LogP) is 2.45. The van der Waals surface area contributed by atoms with Gasteiger partial charge in [-0.3, -0.25) is 0 Å². The molecule has 0 atom stereocenters. The molecule has 15 heavy (non-hydrogen) atoms. The summed E-state index contributed by atoms with van der Waals surface area (Å²) in [6.07, 6.45) is -2.99. The normalized spacial score (nSPS) is 10.1. The third kappa shape index (κ3) is 2.16. The van der Waals surface area contributed by atoms with E-state index in [1.807, 2.05) is 0 Å². The Labute approximate surface area is 87.1 Å². The molecule has 1 aromatic heterocycles. The van der Waals surface area contributed by atoms with E-state index in [2.05, 4.69) is 4.98 Å². The van der Waals surface area contributed by atoms with Crippen molar-refractivity contribution in [2.24, 2.45) is 0 Å². The highest BCUT2D eigenvalue weighted by molar-refractivity contribution is 6.33. The average Bonchev–Trinajstić information content (AvgIpc) is 2.17. The van der Waals surface area contributed by atoms with Crippen LogP contribution in [-0.2, 0) is 0 Å². The second-order valence-electron chi connectivity index (χ2n) is 2.40. The fourth-order valence-corrected chi connectivity index (χ4v) is 1.12. The molecule has 0 saturated heterocycles. The maximum absolute atomic E-state index is 12.3. The van der Waals surface area contributed by atoms with Crippen LogP contribution in [0.4, 0.5) is 14.6 Å². The lowest BCUT2D eigenvalue weighted by Crippen LogP contribution is -1.99. The summed E-state index contributed by atoms with van der Waals surface area (Å²) in [7, 11) is 0. The fraction of sp³-hybridized carbons (Fsp3) is 0.143. The molecule has 0 saturated carbocycles. The minimum Gasteiger partial charge on any atom is -0.358 e. The molecule has 5 nitrogen and oxygen atoms in total. The summed E-state index contributed by atoms with van der Waals surface area (Å²) in [5.41, 5.74) is -1.24. The molecule has 0 aliphatic heterocycles. The first-order chi connectivity index (χ1) is 6.97. The topological polar surface area (TPSA) is 79.8 Å². The lowest BCUT2D eigenvalue weighted by molar-refractivity contribution is -0.389. The molecule has 0 bridgehead atoms. The zero-order valence-corrected chi connectivity index (χ0v) is 7.70. The highest BCUT2D eigenvalue weighted by Crippen LogP contribution is 2.33. The zero-order valence-electron chi connectivity index (χ0n) is 6.95. The molecule has 0 aliphatic rings. The summed E-state index contributed by atoms with van der Waals surface area (Å²) in [4.78, 5) is 12.6. The van der Waals surface area contributed by atoms with Crippen LogP contribution in [0.15, 0.2) is 6.07 Å². The van der Waals surface area contributed by atoms with Crippen molar-refractivity contribution in [1.29, 1.82) is 5.26 Å². The minimum atomic E-state index is -2.99. The van der Waals surface area contributed by atoms with Gasteiger partial charge in [-0.1, -0.05) is 11.6 Å². The van der Waals surface area contributed by atoms with E-state index >= 15 is 0 Å². The van der Waals surface area contributed by atoms with Gasteiger partial charge in [-0.15, -0.1) is 0 Å². The standard InChI is InChI=1S/C7H2ClF2N3O2/c8-5-4(6(9)10)1-3(2-11)12-7(5)13(14)15/h1,6H. The summed E-state index contributed by atoms with van der Waals surface area (Å²) in [5.74, 6) is -0.939. The minimum absolute atomic E-state index is 0.471. The Morgan fingerprint density at radius 2 is 2.27 bits per heavy atom. The molecule has 1 aromatic rings. The monoisotopic (exact) mass is 233 g/mol. The summed E-state index contributed by atoms with van der Waals surface area (Å²) in [6, 6.07) is 2.16. The van der Waals surface area contributed by atoms with Crippen LogP contribution in [0.2, 0.25) is 5.02 Å². The van der Waals surface area contributed by atoms with E-state index in [1.165, 1.54) is 6.07 Å². The molecule has 0 radical (unpaired) electrons. The number of halogens is 3. The number of nitriles is 1. The van der Waals surface area contributed by atoms with Gasteiger partial charge in [-0.05, 0) is 9.91 Å². The molecule has 0 aliphatic carbocycles. The average molecular weight is 234 g/mol. The number of pyridine rings is 1. The van der Waals surface area contributed by atoms with Gasteiger partial charge in [0.2, 0.25) is 0 Å². The van der Waals surface area contributed by atoms with Gasteiger partial charge in [0.1, 0.15) is 11.1 Å². The number of hydrogen-bond acceptors (Lipinski definition) is 4. The van der Waals surface area contributed by atoms with Gasteiger partial charge >= 0.3 is 5.82 Å². The van der Waals surface area contributed by atoms with Crippen molar-refractivity contribution >= 4 is 17.4 Å². The third-order valence-corrected chi connectivity index (χ3v) is 1.88. The highest BCUT2D eigenvalue weighted by Gasteiger charge is 2.25. The zero-order chi connectivity index (χ0) is 11.6. The predicted molar refractivity (Wildman–Crippen MR) is 45.6 cm³/mol. The lowest BCUT2D eigenvalue weighted by Gasteiger charge is -2.02. The summed E-state index contributed by atoms with van der Waals surface area (Å²) >= 11 is 5.33. The molecule has 0 amide bonds. The quantitative estimate of drug-likeness (QED) is 0.580. The molecule has 0 N–H and O–H groups in total. The van der Waals surface area contributed by atoms with Crippen molar-refractivity contribution in [2.75, 3.05) is 0 Å². The number of nitro groups is 1. The Bertz CT molecular complexity index is 458. The maximum atomic E-state index is 12.3. The molecule has 0 fully saturated rings. The first kappa shape index (κ1) is 11.3. The highest BCUT2D eigenvalue weighted by atomic mass is 35.5.